The van der Waals surface area contributed by atoms with Gasteiger partial charge in [0, 0.05) is 38.4 Å². The van der Waals surface area contributed by atoms with Gasteiger partial charge in [-0.3, -0.25) is 0 Å². The summed E-state index contributed by atoms with van der Waals surface area (Å²) >= 11 is 6.19. The van der Waals surface area contributed by atoms with Crippen LogP contribution in [0, 0.1) is 5.41 Å². The molecule has 8 heteroatoms. The molecule has 1 saturated heterocycles. The number of aliphatic hydroxyl groups is 2. The van der Waals surface area contributed by atoms with E-state index in [9.17, 15) is 15.0 Å². The van der Waals surface area contributed by atoms with Crippen LogP contribution in [0.5, 0.6) is 0 Å². The zero-order valence-corrected chi connectivity index (χ0v) is 14.4. The van der Waals surface area contributed by atoms with Gasteiger partial charge in [-0.25, -0.2) is 9.78 Å². The summed E-state index contributed by atoms with van der Waals surface area (Å²) in [5.74, 6) is -0.618. The lowest BCUT2D eigenvalue weighted by Gasteiger charge is -2.46. The highest BCUT2D eigenvalue weighted by Gasteiger charge is 2.42. The average molecular weight is 359 g/mol. The third-order valence-corrected chi connectivity index (χ3v) is 4.87. The monoisotopic (exact) mass is 358 g/mol. The Balaban J connectivity index is 2.21. The number of anilines is 1. The predicted octanol–water partition coefficient (Wildman–Crippen LogP) is 1.41. The van der Waals surface area contributed by atoms with Gasteiger partial charge < -0.3 is 25.0 Å². The summed E-state index contributed by atoms with van der Waals surface area (Å²) in [6, 6.07) is 1.36. The van der Waals surface area contributed by atoms with Crippen molar-refractivity contribution in [2.45, 2.75) is 25.4 Å². The van der Waals surface area contributed by atoms with E-state index in [0.29, 0.717) is 38.4 Å². The lowest BCUT2D eigenvalue weighted by molar-refractivity contribution is -0.0388. The Morgan fingerprint density at radius 1 is 1.58 bits per heavy atom. The van der Waals surface area contributed by atoms with E-state index in [0.717, 1.165) is 6.42 Å². The minimum Gasteiger partial charge on any atom is -0.478 e. The Morgan fingerprint density at radius 2 is 2.33 bits per heavy atom. The Morgan fingerprint density at radius 3 is 2.92 bits per heavy atom. The molecule has 7 nitrogen and oxygen atoms in total. The second-order valence-corrected chi connectivity index (χ2v) is 6.58. The third-order valence-electron chi connectivity index (χ3n) is 4.59. The number of aromatic carboxylic acids is 1. The minimum absolute atomic E-state index is 0.0225. The number of carbonyl (C=O) groups is 1. The van der Waals surface area contributed by atoms with Crippen molar-refractivity contribution in [1.82, 2.24) is 4.98 Å². The molecule has 0 radical (unpaired) electrons. The van der Waals surface area contributed by atoms with Crippen LogP contribution < -0.4 is 4.90 Å². The van der Waals surface area contributed by atoms with E-state index in [4.69, 9.17) is 21.4 Å². The fourth-order valence-electron chi connectivity index (χ4n) is 3.16. The fraction of sp³-hybridized carbons (Fsp3) is 0.625. The first-order valence-corrected chi connectivity index (χ1v) is 8.23. The Hall–Kier alpha value is -1.41. The van der Waals surface area contributed by atoms with E-state index in [1.807, 2.05) is 4.90 Å². The number of ether oxygens (including phenoxy) is 1. The number of hydrogen-bond acceptors (Lipinski definition) is 6. The van der Waals surface area contributed by atoms with Gasteiger partial charge in [0.15, 0.2) is 0 Å². The largest absolute Gasteiger partial charge is 0.478 e. The molecule has 0 saturated carbocycles. The number of rotatable bonds is 7. The highest BCUT2D eigenvalue weighted by molar-refractivity contribution is 6.33. The number of aliphatic hydroxyl groups excluding tert-OH is 2. The van der Waals surface area contributed by atoms with E-state index >= 15 is 0 Å². The van der Waals surface area contributed by atoms with Crippen LogP contribution in [0.15, 0.2) is 12.3 Å². The van der Waals surface area contributed by atoms with Crippen molar-refractivity contribution < 1.29 is 24.9 Å². The van der Waals surface area contributed by atoms with Crippen LogP contribution in [0.2, 0.25) is 5.02 Å². The molecule has 2 heterocycles. The molecule has 0 spiro atoms. The Bertz CT molecular complexity index is 586. The van der Waals surface area contributed by atoms with Gasteiger partial charge in [0.2, 0.25) is 0 Å². The molecule has 0 aromatic carbocycles. The third kappa shape index (κ3) is 3.97. The molecule has 1 aromatic rings. The van der Waals surface area contributed by atoms with Crippen LogP contribution in [0.25, 0.3) is 0 Å². The number of carboxylic acids is 1. The number of aromatic nitrogens is 1. The molecule has 1 aromatic heterocycles. The maximum atomic E-state index is 11.0. The first-order chi connectivity index (χ1) is 11.4. The van der Waals surface area contributed by atoms with E-state index in [1.54, 1.807) is 7.11 Å². The number of carboxylic acid groups (broad SMARTS) is 1. The van der Waals surface area contributed by atoms with Gasteiger partial charge in [0.05, 0.1) is 23.3 Å². The first-order valence-electron chi connectivity index (χ1n) is 7.85. The van der Waals surface area contributed by atoms with Gasteiger partial charge in [-0.1, -0.05) is 11.6 Å². The Labute approximate surface area is 145 Å². The van der Waals surface area contributed by atoms with Crippen LogP contribution in [0.1, 0.15) is 29.6 Å². The summed E-state index contributed by atoms with van der Waals surface area (Å²) in [4.78, 5) is 17.1. The highest BCUT2D eigenvalue weighted by atomic mass is 35.5. The summed E-state index contributed by atoms with van der Waals surface area (Å²) < 4.78 is 5.06. The number of pyridine rings is 1. The highest BCUT2D eigenvalue weighted by Crippen LogP contribution is 2.38. The zero-order chi connectivity index (χ0) is 17.7. The molecule has 0 amide bonds. The van der Waals surface area contributed by atoms with Crippen LogP contribution >= 0.6 is 11.6 Å². The van der Waals surface area contributed by atoms with Gasteiger partial charge in [0.25, 0.3) is 0 Å². The fourth-order valence-corrected chi connectivity index (χ4v) is 3.44. The maximum absolute atomic E-state index is 11.0. The van der Waals surface area contributed by atoms with Crippen molar-refractivity contribution in [2.75, 3.05) is 38.3 Å². The average Bonchev–Trinajstić information content (AvgIpc) is 2.57. The lowest BCUT2D eigenvalue weighted by Crippen LogP contribution is -2.54. The molecule has 2 atom stereocenters. The molecule has 0 unspecified atom stereocenters. The molecule has 1 aliphatic rings. The van der Waals surface area contributed by atoms with Crippen molar-refractivity contribution in [2.24, 2.45) is 5.41 Å². The van der Waals surface area contributed by atoms with Gasteiger partial charge in [0.1, 0.15) is 5.82 Å². The quantitative estimate of drug-likeness (QED) is 0.633. The second kappa shape index (κ2) is 8.11. The normalized spacial score (nSPS) is 24.2. The smallest absolute Gasteiger partial charge is 0.337 e. The minimum atomic E-state index is -1.09. The van der Waals surface area contributed by atoms with Crippen molar-refractivity contribution in [3.05, 3.63) is 22.8 Å². The van der Waals surface area contributed by atoms with Crippen molar-refractivity contribution in [3.63, 3.8) is 0 Å². The topological polar surface area (TPSA) is 103 Å². The molecule has 3 N–H and O–H groups in total. The van der Waals surface area contributed by atoms with Crippen LogP contribution in [0.3, 0.4) is 0 Å². The van der Waals surface area contributed by atoms with E-state index in [2.05, 4.69) is 4.98 Å². The number of piperidine rings is 1. The molecule has 24 heavy (non-hydrogen) atoms. The molecular formula is C16H23ClN2O5. The summed E-state index contributed by atoms with van der Waals surface area (Å²) in [6.07, 6.45) is 2.46. The second-order valence-electron chi connectivity index (χ2n) is 6.18. The van der Waals surface area contributed by atoms with Crippen LogP contribution in [0.4, 0.5) is 5.82 Å². The zero-order valence-electron chi connectivity index (χ0n) is 13.6. The first kappa shape index (κ1) is 18.9. The van der Waals surface area contributed by atoms with Gasteiger partial charge >= 0.3 is 5.97 Å². The summed E-state index contributed by atoms with van der Waals surface area (Å²) in [7, 11) is 1.61. The van der Waals surface area contributed by atoms with Crippen molar-refractivity contribution in [3.8, 4) is 0 Å². The lowest BCUT2D eigenvalue weighted by atomic mass is 9.74. The molecule has 1 fully saturated rings. The molecule has 134 valence electrons. The molecule has 0 bridgehead atoms. The van der Waals surface area contributed by atoms with Crippen molar-refractivity contribution >= 4 is 23.4 Å². The molecular weight excluding hydrogens is 336 g/mol. The summed E-state index contributed by atoms with van der Waals surface area (Å²) in [5.41, 5.74) is -0.651. The summed E-state index contributed by atoms with van der Waals surface area (Å²) in [6.45, 7) is 1.33. The van der Waals surface area contributed by atoms with E-state index in [-0.39, 0.29) is 17.2 Å². The predicted molar refractivity (Wildman–Crippen MR) is 89.7 cm³/mol. The summed E-state index contributed by atoms with van der Waals surface area (Å²) in [5, 5.41) is 29.6. The standard InChI is InChI=1S/C16H23ClN2O5/c1-24-6-2-4-16(10-20)9-19(5-3-13(16)21)14-12(17)7-11(8-18-14)15(22)23/h7-8,13,20-21H,2-6,9-10H2,1H3,(H,22,23)/t13-,16+/m1/s1. The molecule has 0 aliphatic carbocycles. The number of nitrogens with zero attached hydrogens (tertiary/aromatic N) is 2. The van der Waals surface area contributed by atoms with Gasteiger partial charge in [-0.15, -0.1) is 0 Å². The SMILES string of the molecule is COCCC[C@@]1(CO)CN(c2ncc(C(=O)O)cc2Cl)CC[C@H]1O. The Kier molecular flexibility index (Phi) is 6.40. The number of halogens is 1. The number of hydrogen-bond donors (Lipinski definition) is 3. The van der Waals surface area contributed by atoms with Gasteiger partial charge in [-0.2, -0.15) is 0 Å². The van der Waals surface area contributed by atoms with Gasteiger partial charge in [-0.05, 0) is 25.3 Å². The molecule has 2 rings (SSSR count). The molecule has 1 aliphatic heterocycles. The van der Waals surface area contributed by atoms with Crippen LogP contribution in [-0.4, -0.2) is 65.8 Å². The number of methoxy groups -OCH3 is 1. The maximum Gasteiger partial charge on any atom is 0.337 e. The van der Waals surface area contributed by atoms with Crippen molar-refractivity contribution in [1.29, 1.82) is 0 Å². The van der Waals surface area contributed by atoms with E-state index in [1.165, 1.54) is 12.3 Å². The van der Waals surface area contributed by atoms with E-state index < -0.39 is 17.5 Å². The van der Waals surface area contributed by atoms with Crippen LogP contribution in [-0.2, 0) is 4.74 Å².